The maximum Gasteiger partial charge on any atom is 0.455 e. The predicted octanol–water partition coefficient (Wildman–Crippen LogP) is 2.11. The highest BCUT2D eigenvalue weighted by molar-refractivity contribution is 7.22. The van der Waals surface area contributed by atoms with E-state index in [0.717, 1.165) is 11.3 Å². The molecule has 12 heteroatoms. The summed E-state index contributed by atoms with van der Waals surface area (Å²) in [6, 6.07) is 6.85. The molecule has 1 aliphatic heterocycles. The molecule has 4 N–H and O–H groups in total. The Kier molecular flexibility index (Phi) is 6.32. The number of hydrazine groups is 1. The molecule has 0 bridgehead atoms. The predicted molar refractivity (Wildman–Crippen MR) is 109 cm³/mol. The summed E-state index contributed by atoms with van der Waals surface area (Å²) in [7, 11) is 0. The maximum absolute atomic E-state index is 13.3. The molecule has 0 atom stereocenters. The number of piperidine rings is 1. The molecule has 0 spiro atoms. The van der Waals surface area contributed by atoms with Crippen molar-refractivity contribution in [1.29, 1.82) is 0 Å². The Morgan fingerprint density at radius 2 is 1.81 bits per heavy atom. The van der Waals surface area contributed by atoms with Gasteiger partial charge in [-0.1, -0.05) is 23.5 Å². The van der Waals surface area contributed by atoms with Crippen LogP contribution in [0.4, 0.5) is 18.3 Å². The minimum absolute atomic E-state index is 0.0427. The van der Waals surface area contributed by atoms with Crippen LogP contribution >= 0.6 is 11.3 Å². The molecule has 0 unspecified atom stereocenters. The fraction of sp³-hybridized carbons (Fsp3) is 0.368. The Bertz CT molecular complexity index is 1020. The summed E-state index contributed by atoms with van der Waals surface area (Å²) in [5.74, 6) is 1.31. The van der Waals surface area contributed by atoms with Crippen LogP contribution in [0, 0.1) is 5.92 Å². The average molecular weight is 455 g/mol. The zero-order valence-electron chi connectivity index (χ0n) is 16.5. The van der Waals surface area contributed by atoms with Gasteiger partial charge in [0.15, 0.2) is 0 Å². The molecule has 3 rings (SSSR count). The van der Waals surface area contributed by atoms with Crippen molar-refractivity contribution in [3.8, 4) is 0 Å². The van der Waals surface area contributed by atoms with Crippen molar-refractivity contribution in [1.82, 2.24) is 9.88 Å². The quantitative estimate of drug-likeness (QED) is 0.178. The van der Waals surface area contributed by atoms with Crippen LogP contribution in [-0.2, 0) is 14.4 Å². The zero-order valence-corrected chi connectivity index (χ0v) is 17.3. The van der Waals surface area contributed by atoms with Crippen LogP contribution in [0.5, 0.6) is 0 Å². The number of fused-ring (bicyclic) bond motifs is 1. The minimum atomic E-state index is -5.27. The van der Waals surface area contributed by atoms with Crippen LogP contribution < -0.4 is 16.6 Å². The number of carbonyl (C=O) groups is 3. The topological polar surface area (TPSA) is 123 Å². The normalized spacial score (nSPS) is 16.2. The first-order chi connectivity index (χ1) is 14.5. The number of rotatable bonds is 5. The van der Waals surface area contributed by atoms with E-state index in [9.17, 15) is 27.6 Å². The molecular formula is C19H20F3N5O3S. The van der Waals surface area contributed by atoms with E-state index in [0.29, 0.717) is 28.1 Å². The van der Waals surface area contributed by atoms with Crippen molar-refractivity contribution in [2.24, 2.45) is 17.5 Å². The molecule has 1 saturated heterocycles. The van der Waals surface area contributed by atoms with E-state index in [-0.39, 0.29) is 23.9 Å². The largest absolute Gasteiger partial charge is 0.455 e. The van der Waals surface area contributed by atoms with Crippen molar-refractivity contribution >= 4 is 44.3 Å². The first-order valence-corrected chi connectivity index (χ1v) is 10.1. The van der Waals surface area contributed by atoms with Crippen LogP contribution in [0.3, 0.4) is 0 Å². The number of alkyl halides is 3. The van der Waals surface area contributed by atoms with Crippen molar-refractivity contribution in [3.05, 3.63) is 35.5 Å². The van der Waals surface area contributed by atoms with Crippen molar-refractivity contribution in [2.75, 3.05) is 18.1 Å². The number of para-hydroxylation sites is 1. The third-order valence-corrected chi connectivity index (χ3v) is 6.18. The summed E-state index contributed by atoms with van der Waals surface area (Å²) in [5.41, 5.74) is 4.56. The van der Waals surface area contributed by atoms with E-state index in [1.165, 1.54) is 11.8 Å². The van der Waals surface area contributed by atoms with Crippen LogP contribution in [0.1, 0.15) is 19.8 Å². The molecule has 0 aliphatic carbocycles. The number of nitrogens with two attached hydrogens (primary N) is 2. The Morgan fingerprint density at radius 1 is 1.19 bits per heavy atom. The van der Waals surface area contributed by atoms with Gasteiger partial charge < -0.3 is 10.6 Å². The Balaban J connectivity index is 1.96. The molecule has 2 amide bonds. The summed E-state index contributed by atoms with van der Waals surface area (Å²) >= 11 is 1.01. The number of anilines is 1. The summed E-state index contributed by atoms with van der Waals surface area (Å²) in [4.78, 5) is 42.1. The van der Waals surface area contributed by atoms with Gasteiger partial charge in [0.1, 0.15) is 5.57 Å². The second kappa shape index (κ2) is 8.63. The van der Waals surface area contributed by atoms with E-state index in [1.54, 1.807) is 24.3 Å². The third kappa shape index (κ3) is 4.69. The second-order valence-electron chi connectivity index (χ2n) is 7.09. The number of hydrogen-bond donors (Lipinski definition) is 2. The number of primary amides is 1. The molecule has 0 radical (unpaired) electrons. The first kappa shape index (κ1) is 22.7. The first-order valence-electron chi connectivity index (χ1n) is 9.32. The van der Waals surface area contributed by atoms with E-state index in [2.05, 4.69) is 4.98 Å². The number of Topliss-reactive ketones (excluding diaryl/α,β-unsaturated/α-hetero) is 1. The van der Waals surface area contributed by atoms with Crippen molar-refractivity contribution < 1.29 is 27.6 Å². The number of benzene rings is 1. The van der Waals surface area contributed by atoms with E-state index in [1.807, 2.05) is 0 Å². The highest BCUT2D eigenvalue weighted by atomic mass is 32.1. The standard InChI is InChI=1S/C19H20F3N5O3S/c1-10(26-8-6-11(7-9-26)16(23)29)14(15(28)19(20,21)22)17(30)27(24)18-25-12-4-2-3-5-13(12)31-18/h2-5,11H,6-9,24H2,1H3,(H2,23,29)/b14-10-. The number of hydrogen-bond acceptors (Lipinski definition) is 7. The lowest BCUT2D eigenvalue weighted by Crippen LogP contribution is -2.45. The van der Waals surface area contributed by atoms with Gasteiger partial charge in [-0.15, -0.1) is 0 Å². The highest BCUT2D eigenvalue weighted by Gasteiger charge is 2.46. The monoisotopic (exact) mass is 455 g/mol. The van der Waals surface area contributed by atoms with Crippen LogP contribution in [0.15, 0.2) is 35.5 Å². The molecule has 1 fully saturated rings. The maximum atomic E-state index is 13.3. The van der Waals surface area contributed by atoms with Gasteiger partial charge in [0.25, 0.3) is 11.7 Å². The fourth-order valence-corrected chi connectivity index (χ4v) is 4.27. The van der Waals surface area contributed by atoms with Crippen molar-refractivity contribution in [3.63, 3.8) is 0 Å². The zero-order chi connectivity index (χ0) is 22.9. The van der Waals surface area contributed by atoms with E-state index in [4.69, 9.17) is 11.6 Å². The summed E-state index contributed by atoms with van der Waals surface area (Å²) in [6.07, 6.45) is -4.66. The number of halogens is 3. The lowest BCUT2D eigenvalue weighted by molar-refractivity contribution is -0.167. The van der Waals surface area contributed by atoms with E-state index < -0.39 is 35.3 Å². The van der Waals surface area contributed by atoms with Crippen LogP contribution in [0.25, 0.3) is 10.2 Å². The van der Waals surface area contributed by atoms with Gasteiger partial charge in [-0.3, -0.25) is 14.4 Å². The third-order valence-electron chi connectivity index (χ3n) is 5.14. The Morgan fingerprint density at radius 3 is 2.35 bits per heavy atom. The highest BCUT2D eigenvalue weighted by Crippen LogP contribution is 2.31. The molecule has 1 aromatic carbocycles. The van der Waals surface area contributed by atoms with Gasteiger partial charge in [-0.05, 0) is 31.9 Å². The van der Waals surface area contributed by atoms with E-state index >= 15 is 0 Å². The number of likely N-dealkylation sites (tertiary alicyclic amines) is 1. The smallest absolute Gasteiger partial charge is 0.374 e. The van der Waals surface area contributed by atoms with Crippen LogP contribution in [-0.4, -0.2) is 46.7 Å². The van der Waals surface area contributed by atoms with Gasteiger partial charge in [0.2, 0.25) is 11.0 Å². The number of allylic oxidation sites excluding steroid dienone is 1. The molecule has 1 aromatic heterocycles. The molecule has 166 valence electrons. The second-order valence-corrected chi connectivity index (χ2v) is 8.10. The molecule has 1 aliphatic rings. The SMILES string of the molecule is C/C(=C(/C(=O)N(N)c1nc2ccccc2s1)C(=O)C(F)(F)F)N1CCC(C(N)=O)CC1. The molecular weight excluding hydrogens is 435 g/mol. The Hall–Kier alpha value is -2.99. The number of nitrogens with zero attached hydrogens (tertiary/aromatic N) is 3. The van der Waals surface area contributed by atoms with Crippen molar-refractivity contribution in [2.45, 2.75) is 25.9 Å². The van der Waals surface area contributed by atoms with Gasteiger partial charge in [0, 0.05) is 24.7 Å². The van der Waals surface area contributed by atoms with Crippen LogP contribution in [0.2, 0.25) is 0 Å². The van der Waals surface area contributed by atoms with Gasteiger partial charge >= 0.3 is 6.18 Å². The average Bonchev–Trinajstić information content (AvgIpc) is 3.16. The number of aromatic nitrogens is 1. The van der Waals surface area contributed by atoms with Gasteiger partial charge in [-0.2, -0.15) is 13.2 Å². The molecule has 2 aromatic rings. The molecule has 31 heavy (non-hydrogen) atoms. The lowest BCUT2D eigenvalue weighted by atomic mass is 9.95. The number of amides is 2. The Labute approximate surface area is 179 Å². The lowest BCUT2D eigenvalue weighted by Gasteiger charge is -2.34. The minimum Gasteiger partial charge on any atom is -0.374 e. The summed E-state index contributed by atoms with van der Waals surface area (Å²) in [5, 5.41) is 0.419. The van der Waals surface area contributed by atoms with Gasteiger partial charge in [-0.25, -0.2) is 15.8 Å². The number of ketones is 1. The van der Waals surface area contributed by atoms with Gasteiger partial charge in [0.05, 0.1) is 10.2 Å². The number of carbonyl (C=O) groups excluding carboxylic acids is 3. The summed E-state index contributed by atoms with van der Waals surface area (Å²) < 4.78 is 40.6. The molecule has 2 heterocycles. The molecule has 8 nitrogen and oxygen atoms in total. The summed E-state index contributed by atoms with van der Waals surface area (Å²) in [6.45, 7) is 1.60. The number of thiazole rings is 1. The fourth-order valence-electron chi connectivity index (χ4n) is 3.39. The molecule has 0 saturated carbocycles.